The summed E-state index contributed by atoms with van der Waals surface area (Å²) in [4.78, 5) is 18.9. The van der Waals surface area contributed by atoms with Gasteiger partial charge in [0.1, 0.15) is 5.75 Å². The zero-order chi connectivity index (χ0) is 23.8. The molecule has 0 atom stereocenters. The molecule has 2 aromatic carbocycles. The molecule has 0 N–H and O–H groups in total. The zero-order valence-corrected chi connectivity index (χ0v) is 19.9. The highest BCUT2D eigenvalue weighted by molar-refractivity contribution is 7.90. The fourth-order valence-electron chi connectivity index (χ4n) is 3.52. The average molecular weight is 472 g/mol. The molecule has 0 aliphatic carbocycles. The second-order valence-electron chi connectivity index (χ2n) is 7.47. The number of carbonyl (C=O) groups is 1. The lowest BCUT2D eigenvalue weighted by Gasteiger charge is -2.22. The second-order valence-corrected chi connectivity index (χ2v) is 9.36. The highest BCUT2D eigenvalue weighted by atomic mass is 32.2. The van der Waals surface area contributed by atoms with Gasteiger partial charge in [-0.3, -0.25) is 4.79 Å². The Morgan fingerprint density at radius 2 is 1.85 bits per heavy atom. The number of hydrogen-bond donors (Lipinski definition) is 0. The Balaban J connectivity index is 1.90. The van der Waals surface area contributed by atoms with Gasteiger partial charge in [0.2, 0.25) is 15.0 Å². The number of benzene rings is 2. The van der Waals surface area contributed by atoms with Gasteiger partial charge in [-0.2, -0.15) is 0 Å². The monoisotopic (exact) mass is 471 g/mol. The molecule has 0 bridgehead atoms. The lowest BCUT2D eigenvalue weighted by molar-refractivity contribution is 0.0747. The first-order chi connectivity index (χ1) is 15.9. The van der Waals surface area contributed by atoms with Crippen LogP contribution in [0.15, 0.2) is 66.0 Å². The number of sulfone groups is 1. The summed E-state index contributed by atoms with van der Waals surface area (Å²) in [5.41, 5.74) is 1.81. The van der Waals surface area contributed by atoms with Crippen LogP contribution in [-0.4, -0.2) is 56.1 Å². The molecule has 0 aliphatic heterocycles. The molecule has 8 nitrogen and oxygen atoms in total. The quantitative estimate of drug-likeness (QED) is 0.427. The van der Waals surface area contributed by atoms with Crippen LogP contribution in [0.25, 0.3) is 0 Å². The van der Waals surface area contributed by atoms with Crippen molar-refractivity contribution in [2.24, 2.45) is 0 Å². The largest absolute Gasteiger partial charge is 0.497 e. The molecule has 1 amide bonds. The molecule has 3 aromatic rings. The standard InChI is InChI=1S/C24H29N3O5S/c1-4-26(23(28)20-10-6-5-7-11-20)17-21-16-25-24(27(21)13-14-31-2)33(29,30)18-19-9-8-12-22(15-19)32-3/h5-12,15-16H,4,13-14,17-18H2,1-3H3. The van der Waals surface area contributed by atoms with Crippen molar-refractivity contribution in [2.75, 3.05) is 27.4 Å². The first-order valence-electron chi connectivity index (χ1n) is 10.6. The molecular formula is C24H29N3O5S. The highest BCUT2D eigenvalue weighted by Gasteiger charge is 2.25. The molecule has 0 saturated heterocycles. The Kier molecular flexibility index (Phi) is 8.24. The van der Waals surface area contributed by atoms with E-state index in [2.05, 4.69) is 4.98 Å². The maximum absolute atomic E-state index is 13.3. The van der Waals surface area contributed by atoms with Crippen LogP contribution in [0.4, 0.5) is 0 Å². The topological polar surface area (TPSA) is 90.7 Å². The number of nitrogens with zero attached hydrogens (tertiary/aromatic N) is 3. The van der Waals surface area contributed by atoms with Crippen LogP contribution in [0.5, 0.6) is 5.75 Å². The van der Waals surface area contributed by atoms with E-state index in [-0.39, 0.29) is 23.4 Å². The normalized spacial score (nSPS) is 11.4. The lowest BCUT2D eigenvalue weighted by Crippen LogP contribution is -2.31. The van der Waals surface area contributed by atoms with E-state index in [0.717, 1.165) is 0 Å². The van der Waals surface area contributed by atoms with Crippen LogP contribution >= 0.6 is 0 Å². The van der Waals surface area contributed by atoms with Gasteiger partial charge in [-0.1, -0.05) is 30.3 Å². The molecule has 0 unspecified atom stereocenters. The van der Waals surface area contributed by atoms with Gasteiger partial charge in [0.05, 0.1) is 37.9 Å². The maximum Gasteiger partial charge on any atom is 0.254 e. The van der Waals surface area contributed by atoms with Crippen LogP contribution in [0.1, 0.15) is 28.5 Å². The molecule has 0 saturated carbocycles. The number of imidazole rings is 1. The summed E-state index contributed by atoms with van der Waals surface area (Å²) in [6.45, 7) is 3.20. The molecule has 9 heteroatoms. The average Bonchev–Trinajstić information content (AvgIpc) is 3.24. The van der Waals surface area contributed by atoms with Gasteiger partial charge in [0.15, 0.2) is 0 Å². The summed E-state index contributed by atoms with van der Waals surface area (Å²) >= 11 is 0. The Morgan fingerprint density at radius 3 is 2.52 bits per heavy atom. The summed E-state index contributed by atoms with van der Waals surface area (Å²) in [6, 6.07) is 15.9. The van der Waals surface area contributed by atoms with Crippen LogP contribution < -0.4 is 4.74 Å². The smallest absolute Gasteiger partial charge is 0.254 e. The maximum atomic E-state index is 13.3. The minimum atomic E-state index is -3.76. The van der Waals surface area contributed by atoms with Gasteiger partial charge in [-0.05, 0) is 36.8 Å². The van der Waals surface area contributed by atoms with Crippen molar-refractivity contribution in [1.82, 2.24) is 14.5 Å². The van der Waals surface area contributed by atoms with Crippen molar-refractivity contribution in [3.05, 3.63) is 77.6 Å². The minimum Gasteiger partial charge on any atom is -0.497 e. The van der Waals surface area contributed by atoms with Gasteiger partial charge < -0.3 is 18.9 Å². The number of carbonyl (C=O) groups excluding carboxylic acids is 1. The van der Waals surface area contributed by atoms with Crippen molar-refractivity contribution in [2.45, 2.75) is 30.9 Å². The van der Waals surface area contributed by atoms with E-state index >= 15 is 0 Å². The number of aromatic nitrogens is 2. The van der Waals surface area contributed by atoms with Crippen molar-refractivity contribution in [1.29, 1.82) is 0 Å². The summed E-state index contributed by atoms with van der Waals surface area (Å²) in [6.07, 6.45) is 1.52. The van der Waals surface area contributed by atoms with Crippen molar-refractivity contribution in [3.63, 3.8) is 0 Å². The van der Waals surface area contributed by atoms with Crippen molar-refractivity contribution < 1.29 is 22.7 Å². The Hall–Kier alpha value is -3.17. The van der Waals surface area contributed by atoms with E-state index in [1.54, 1.807) is 53.0 Å². The summed E-state index contributed by atoms with van der Waals surface area (Å²) in [5.74, 6) is 0.246. The van der Waals surface area contributed by atoms with Crippen LogP contribution in [0.2, 0.25) is 0 Å². The van der Waals surface area contributed by atoms with E-state index in [1.165, 1.54) is 13.3 Å². The van der Waals surface area contributed by atoms with Crippen molar-refractivity contribution in [3.8, 4) is 5.75 Å². The molecule has 1 aromatic heterocycles. The Labute approximate surface area is 194 Å². The third-order valence-electron chi connectivity index (χ3n) is 5.23. The Morgan fingerprint density at radius 1 is 1.09 bits per heavy atom. The van der Waals surface area contributed by atoms with E-state index in [4.69, 9.17) is 9.47 Å². The lowest BCUT2D eigenvalue weighted by atomic mass is 10.2. The molecular weight excluding hydrogens is 442 g/mol. The molecule has 33 heavy (non-hydrogen) atoms. The fraction of sp³-hybridized carbons (Fsp3) is 0.333. The van der Waals surface area contributed by atoms with E-state index in [1.807, 2.05) is 25.1 Å². The van der Waals surface area contributed by atoms with Crippen LogP contribution in [0.3, 0.4) is 0 Å². The van der Waals surface area contributed by atoms with Gasteiger partial charge in [-0.25, -0.2) is 13.4 Å². The van der Waals surface area contributed by atoms with Gasteiger partial charge in [0, 0.05) is 25.8 Å². The van der Waals surface area contributed by atoms with Gasteiger partial charge in [0.25, 0.3) is 5.91 Å². The Bertz CT molecular complexity index is 1180. The molecule has 0 spiro atoms. The first kappa shape index (κ1) is 24.5. The van der Waals surface area contributed by atoms with E-state index in [0.29, 0.717) is 42.3 Å². The van der Waals surface area contributed by atoms with Crippen molar-refractivity contribution >= 4 is 15.7 Å². The third kappa shape index (κ3) is 6.00. The molecule has 3 rings (SSSR count). The molecule has 0 radical (unpaired) electrons. The van der Waals surface area contributed by atoms with Crippen LogP contribution in [0, 0.1) is 0 Å². The number of ether oxygens (including phenoxy) is 2. The summed E-state index contributed by atoms with van der Waals surface area (Å²) in [5, 5.41) is -0.0411. The molecule has 1 heterocycles. The first-order valence-corrected chi connectivity index (χ1v) is 12.3. The summed E-state index contributed by atoms with van der Waals surface area (Å²) < 4.78 is 38.5. The number of rotatable bonds is 11. The number of hydrogen-bond acceptors (Lipinski definition) is 6. The highest BCUT2D eigenvalue weighted by Crippen LogP contribution is 2.21. The number of amides is 1. The van der Waals surface area contributed by atoms with Crippen LogP contribution in [-0.2, 0) is 33.4 Å². The second kappa shape index (κ2) is 11.1. The predicted molar refractivity (Wildman–Crippen MR) is 125 cm³/mol. The number of methoxy groups -OCH3 is 2. The minimum absolute atomic E-state index is 0.0411. The zero-order valence-electron chi connectivity index (χ0n) is 19.1. The summed E-state index contributed by atoms with van der Waals surface area (Å²) in [7, 11) is -0.667. The van der Waals surface area contributed by atoms with E-state index < -0.39 is 9.84 Å². The molecule has 0 fully saturated rings. The predicted octanol–water partition coefficient (Wildman–Crippen LogP) is 3.17. The van der Waals surface area contributed by atoms with E-state index in [9.17, 15) is 13.2 Å². The van der Waals surface area contributed by atoms with Gasteiger partial charge >= 0.3 is 0 Å². The molecule has 0 aliphatic rings. The molecule has 176 valence electrons. The van der Waals surface area contributed by atoms with Gasteiger partial charge in [-0.15, -0.1) is 0 Å². The third-order valence-corrected chi connectivity index (χ3v) is 6.83. The SMILES string of the molecule is CCN(Cc1cnc(S(=O)(=O)Cc2cccc(OC)c2)n1CCOC)C(=O)c1ccccc1. The fourth-order valence-corrected chi connectivity index (χ4v) is 5.03.